The van der Waals surface area contributed by atoms with E-state index in [1.165, 1.54) is 23.5 Å². The Morgan fingerprint density at radius 1 is 1.10 bits per heavy atom. The van der Waals surface area contributed by atoms with Crippen LogP contribution in [0.2, 0.25) is 0 Å². The van der Waals surface area contributed by atoms with Crippen LogP contribution in [0.5, 0.6) is 5.75 Å². The lowest BCUT2D eigenvalue weighted by molar-refractivity contribution is -0.148. The number of benzene rings is 1. The maximum atomic E-state index is 13.8. The van der Waals surface area contributed by atoms with Gasteiger partial charge < -0.3 is 31.5 Å². The molecule has 0 spiro atoms. The summed E-state index contributed by atoms with van der Waals surface area (Å²) in [5.41, 5.74) is 2.02. The fourth-order valence-corrected chi connectivity index (χ4v) is 7.15. The fourth-order valence-electron chi connectivity index (χ4n) is 7.15. The topological polar surface area (TPSA) is 190 Å². The minimum absolute atomic E-state index is 0.0324. The Labute approximate surface area is 231 Å². The van der Waals surface area contributed by atoms with Crippen LogP contribution in [0.25, 0.3) is 0 Å². The maximum absolute atomic E-state index is 13.8. The van der Waals surface area contributed by atoms with Crippen LogP contribution in [0.4, 0.5) is 0 Å². The van der Waals surface area contributed by atoms with Gasteiger partial charge >= 0.3 is 0 Å². The van der Waals surface area contributed by atoms with Gasteiger partial charge in [0.2, 0.25) is 5.78 Å². The zero-order valence-corrected chi connectivity index (χ0v) is 22.6. The van der Waals surface area contributed by atoms with Gasteiger partial charge in [-0.15, -0.1) is 0 Å². The number of hydrogen-bond donors (Lipinski definition) is 6. The van der Waals surface area contributed by atoms with Gasteiger partial charge in [0.1, 0.15) is 22.8 Å². The molecule has 1 fully saturated rings. The number of amides is 1. The number of aliphatic hydroxyl groups is 3. The Bertz CT molecular complexity index is 1370. The third-order valence-corrected chi connectivity index (χ3v) is 9.06. The molecule has 1 saturated carbocycles. The molecule has 0 saturated heterocycles. The van der Waals surface area contributed by atoms with Crippen molar-refractivity contribution in [2.75, 3.05) is 20.6 Å². The van der Waals surface area contributed by atoms with Crippen molar-refractivity contribution in [2.45, 2.75) is 62.6 Å². The number of carbonyl (C=O) groups is 4. The number of ketones is 3. The largest absolute Gasteiger partial charge is 0.510 e. The van der Waals surface area contributed by atoms with Gasteiger partial charge in [-0.25, -0.2) is 0 Å². The third-order valence-electron chi connectivity index (χ3n) is 9.06. The quantitative estimate of drug-likeness (QED) is 0.221. The minimum atomic E-state index is -2.70. The van der Waals surface area contributed by atoms with E-state index in [0.29, 0.717) is 5.56 Å². The van der Waals surface area contributed by atoms with E-state index in [-0.39, 0.29) is 53.7 Å². The summed E-state index contributed by atoms with van der Waals surface area (Å²) in [6.07, 6.45) is 5.41. The molecular formula is C29H35N3O8. The lowest BCUT2D eigenvalue weighted by Gasteiger charge is -2.50. The van der Waals surface area contributed by atoms with E-state index in [0.717, 1.165) is 25.7 Å². The Balaban J connectivity index is 1.57. The average Bonchev–Trinajstić information content (AvgIpc) is 2.89. The maximum Gasteiger partial charge on any atom is 0.255 e. The van der Waals surface area contributed by atoms with E-state index >= 15 is 0 Å². The Hall–Kier alpha value is -3.54. The molecule has 0 aliphatic heterocycles. The molecule has 11 heteroatoms. The smallest absolute Gasteiger partial charge is 0.255 e. The SMILES string of the molecule is CN(C)[C@H]1C(O)=C(C(N)=O)C(=O)[C@@]2(O)C(O)=C3C(=O)c4c(O)ccc(C(=O)CNC5CCCCC5)c4C[C@H]3C[C@@H]12. The Morgan fingerprint density at radius 3 is 2.40 bits per heavy atom. The number of fused-ring (bicyclic) bond motifs is 3. The zero-order valence-electron chi connectivity index (χ0n) is 22.6. The van der Waals surface area contributed by atoms with E-state index in [1.54, 1.807) is 14.1 Å². The van der Waals surface area contributed by atoms with Crippen molar-refractivity contribution in [3.05, 3.63) is 51.5 Å². The molecular weight excluding hydrogens is 518 g/mol. The summed E-state index contributed by atoms with van der Waals surface area (Å²) in [5.74, 6) is -7.40. The monoisotopic (exact) mass is 553 g/mol. The van der Waals surface area contributed by atoms with E-state index in [4.69, 9.17) is 5.73 Å². The molecule has 11 nitrogen and oxygen atoms in total. The van der Waals surface area contributed by atoms with Crippen molar-refractivity contribution in [2.24, 2.45) is 17.6 Å². The van der Waals surface area contributed by atoms with Crippen molar-refractivity contribution in [3.63, 3.8) is 0 Å². The summed E-state index contributed by atoms with van der Waals surface area (Å²) in [4.78, 5) is 54.1. The highest BCUT2D eigenvalue weighted by atomic mass is 16.3. The molecule has 0 radical (unpaired) electrons. The van der Waals surface area contributed by atoms with Crippen molar-refractivity contribution in [1.82, 2.24) is 10.2 Å². The molecule has 1 aromatic carbocycles. The molecule has 0 bridgehead atoms. The van der Waals surface area contributed by atoms with Crippen molar-refractivity contribution < 1.29 is 39.6 Å². The number of phenols is 1. The van der Waals surface area contributed by atoms with Gasteiger partial charge in [-0.05, 0) is 63.4 Å². The van der Waals surface area contributed by atoms with Gasteiger partial charge in [0.25, 0.3) is 5.91 Å². The van der Waals surface area contributed by atoms with Gasteiger partial charge in [0.05, 0.1) is 18.2 Å². The number of primary amides is 1. The van der Waals surface area contributed by atoms with E-state index in [1.807, 2.05) is 0 Å². The Kier molecular flexibility index (Phi) is 7.10. The first kappa shape index (κ1) is 28.0. The summed E-state index contributed by atoms with van der Waals surface area (Å²) in [5, 5.41) is 47.9. The second-order valence-electron chi connectivity index (χ2n) is 11.6. The number of nitrogens with one attached hydrogen (secondary N) is 1. The fraction of sp³-hybridized carbons (Fsp3) is 0.517. The first-order valence-electron chi connectivity index (χ1n) is 13.7. The van der Waals surface area contributed by atoms with Gasteiger partial charge in [-0.1, -0.05) is 19.3 Å². The summed E-state index contributed by atoms with van der Waals surface area (Å²) in [6.45, 7) is 0.0723. The standard InChI is InChI=1S/C29H35N3O8/c1-32(2)23-17-11-13-10-16-15(19(34)12-31-14-6-4-3-5-7-14)8-9-18(33)21(16)24(35)20(13)26(37)29(17,40)27(38)22(25(23)36)28(30)39/h8-9,13-14,17,23,31,33,36-37,40H,3-7,10-12H2,1-2H3,(H2,30,39)/t13-,17-,23+,29-/m0/s1. The average molecular weight is 554 g/mol. The number of likely N-dealkylation sites (N-methyl/N-ethyl adjacent to an activating group) is 1. The molecule has 4 aliphatic rings. The number of aliphatic hydroxyl groups excluding tert-OH is 2. The predicted molar refractivity (Wildman–Crippen MR) is 143 cm³/mol. The van der Waals surface area contributed by atoms with Crippen molar-refractivity contribution >= 4 is 23.3 Å². The second-order valence-corrected chi connectivity index (χ2v) is 11.6. The lowest BCUT2D eigenvalue weighted by atomic mass is 9.58. The zero-order chi connectivity index (χ0) is 29.1. The first-order valence-corrected chi connectivity index (χ1v) is 13.7. The molecule has 214 valence electrons. The van der Waals surface area contributed by atoms with Crippen LogP contribution in [0.15, 0.2) is 34.8 Å². The molecule has 0 unspecified atom stereocenters. The van der Waals surface area contributed by atoms with Crippen molar-refractivity contribution in [3.8, 4) is 5.75 Å². The number of nitrogens with zero attached hydrogens (tertiary/aromatic N) is 1. The molecule has 1 aromatic rings. The number of carbonyl (C=O) groups excluding carboxylic acids is 4. The van der Waals surface area contributed by atoms with Crippen LogP contribution in [0, 0.1) is 11.8 Å². The number of hydrogen-bond acceptors (Lipinski definition) is 10. The number of rotatable bonds is 6. The number of allylic oxidation sites excluding steroid dienone is 1. The van der Waals surface area contributed by atoms with Crippen LogP contribution in [0.3, 0.4) is 0 Å². The normalized spacial score (nSPS) is 28.9. The highest BCUT2D eigenvalue weighted by Gasteiger charge is 2.63. The number of Topliss-reactive ketones (excluding diaryl/α,β-unsaturated/α-hetero) is 3. The molecule has 1 amide bonds. The Morgan fingerprint density at radius 2 is 1.77 bits per heavy atom. The lowest BCUT2D eigenvalue weighted by Crippen LogP contribution is -2.63. The second kappa shape index (κ2) is 10.1. The summed E-state index contributed by atoms with van der Waals surface area (Å²) in [6, 6.07) is 1.91. The highest BCUT2D eigenvalue weighted by molar-refractivity contribution is 6.25. The molecule has 7 N–H and O–H groups in total. The number of phenolic OH excluding ortho intramolecular Hbond substituents is 1. The summed E-state index contributed by atoms with van der Waals surface area (Å²) in [7, 11) is 3.14. The van der Waals surface area contributed by atoms with Gasteiger partial charge in [0, 0.05) is 23.1 Å². The summed E-state index contributed by atoms with van der Waals surface area (Å²) >= 11 is 0. The predicted octanol–water partition coefficient (Wildman–Crippen LogP) is 1.23. The van der Waals surface area contributed by atoms with Gasteiger partial charge in [0.15, 0.2) is 17.2 Å². The molecule has 40 heavy (non-hydrogen) atoms. The van der Waals surface area contributed by atoms with Crippen LogP contribution < -0.4 is 11.1 Å². The molecule has 0 aromatic heterocycles. The van der Waals surface area contributed by atoms with E-state index in [9.17, 15) is 39.6 Å². The van der Waals surface area contributed by atoms with Crippen LogP contribution in [-0.4, -0.2) is 86.9 Å². The van der Waals surface area contributed by atoms with Crippen LogP contribution >= 0.6 is 0 Å². The van der Waals surface area contributed by atoms with Gasteiger partial charge in [-0.3, -0.25) is 24.1 Å². The third kappa shape index (κ3) is 4.15. The molecule has 4 aliphatic carbocycles. The summed E-state index contributed by atoms with van der Waals surface area (Å²) < 4.78 is 0. The van der Waals surface area contributed by atoms with Crippen molar-refractivity contribution in [1.29, 1.82) is 0 Å². The number of nitrogens with two attached hydrogens (primary N) is 1. The first-order chi connectivity index (χ1) is 18.9. The molecule has 4 atom stereocenters. The molecule has 5 rings (SSSR count). The number of aromatic hydroxyl groups is 1. The highest BCUT2D eigenvalue weighted by Crippen LogP contribution is 2.52. The molecule has 0 heterocycles. The minimum Gasteiger partial charge on any atom is -0.510 e. The van der Waals surface area contributed by atoms with E-state index in [2.05, 4.69) is 5.32 Å². The van der Waals surface area contributed by atoms with E-state index < -0.39 is 58.0 Å². The van der Waals surface area contributed by atoms with Gasteiger partial charge in [-0.2, -0.15) is 0 Å². The van der Waals surface area contributed by atoms with Crippen LogP contribution in [0.1, 0.15) is 64.8 Å². The van der Waals surface area contributed by atoms with Crippen LogP contribution in [-0.2, 0) is 16.0 Å².